The van der Waals surface area contributed by atoms with E-state index in [-0.39, 0.29) is 0 Å². The van der Waals surface area contributed by atoms with E-state index in [1.165, 1.54) is 0 Å². The number of hydrogen-bond donors (Lipinski definition) is 1. The Hall–Kier alpha value is -1.49. The molecule has 0 radical (unpaired) electrons. The standard InChI is InChI=1S/C12H19N5/c1-13-12-14-6-3-11(16-12)9-15-10-4-7-17(2)8-5-10/h3,6,9-10H,4-5,7-8H2,1-2H3,(H,13,14,16). The van der Waals surface area contributed by atoms with Gasteiger partial charge < -0.3 is 10.2 Å². The van der Waals surface area contributed by atoms with Crippen LogP contribution in [-0.2, 0) is 0 Å². The summed E-state index contributed by atoms with van der Waals surface area (Å²) in [6.45, 7) is 2.26. The number of hydrogen-bond acceptors (Lipinski definition) is 5. The number of likely N-dealkylation sites (tertiary alicyclic amines) is 1. The second-order valence-corrected chi connectivity index (χ2v) is 4.37. The third-order valence-corrected chi connectivity index (χ3v) is 3.01. The van der Waals surface area contributed by atoms with Crippen LogP contribution in [0.1, 0.15) is 18.5 Å². The molecule has 5 heteroatoms. The molecule has 0 aromatic carbocycles. The van der Waals surface area contributed by atoms with Gasteiger partial charge in [-0.05, 0) is 39.0 Å². The minimum absolute atomic E-state index is 0.444. The summed E-state index contributed by atoms with van der Waals surface area (Å²) in [4.78, 5) is 15.3. The fraction of sp³-hybridized carbons (Fsp3) is 0.583. The van der Waals surface area contributed by atoms with Crippen LogP contribution >= 0.6 is 0 Å². The molecule has 1 aromatic heterocycles. The number of rotatable bonds is 3. The number of aromatic nitrogens is 2. The molecule has 0 bridgehead atoms. The maximum atomic E-state index is 4.59. The largest absolute Gasteiger partial charge is 0.357 e. The van der Waals surface area contributed by atoms with Crippen molar-refractivity contribution >= 4 is 12.2 Å². The predicted molar refractivity (Wildman–Crippen MR) is 69.7 cm³/mol. The lowest BCUT2D eigenvalue weighted by atomic mass is 10.1. The topological polar surface area (TPSA) is 53.4 Å². The summed E-state index contributed by atoms with van der Waals surface area (Å²) in [6, 6.07) is 2.32. The Morgan fingerprint density at radius 3 is 2.94 bits per heavy atom. The van der Waals surface area contributed by atoms with Crippen molar-refractivity contribution in [3.05, 3.63) is 18.0 Å². The number of piperidine rings is 1. The lowest BCUT2D eigenvalue weighted by Gasteiger charge is -2.26. The first-order chi connectivity index (χ1) is 8.28. The molecule has 0 atom stereocenters. The second kappa shape index (κ2) is 5.72. The monoisotopic (exact) mass is 233 g/mol. The van der Waals surface area contributed by atoms with Crippen LogP contribution < -0.4 is 5.32 Å². The van der Waals surface area contributed by atoms with Gasteiger partial charge >= 0.3 is 0 Å². The fourth-order valence-corrected chi connectivity index (χ4v) is 1.89. The van der Waals surface area contributed by atoms with E-state index in [9.17, 15) is 0 Å². The van der Waals surface area contributed by atoms with Gasteiger partial charge in [0, 0.05) is 19.5 Å². The zero-order valence-electron chi connectivity index (χ0n) is 10.4. The minimum Gasteiger partial charge on any atom is -0.357 e. The van der Waals surface area contributed by atoms with Crippen LogP contribution in [0.5, 0.6) is 0 Å². The highest BCUT2D eigenvalue weighted by atomic mass is 15.1. The molecular weight excluding hydrogens is 214 g/mol. The summed E-state index contributed by atoms with van der Waals surface area (Å²) in [5, 5.41) is 2.92. The van der Waals surface area contributed by atoms with Crippen LogP contribution in [0.2, 0.25) is 0 Å². The van der Waals surface area contributed by atoms with Crippen molar-refractivity contribution in [1.29, 1.82) is 0 Å². The van der Waals surface area contributed by atoms with E-state index in [1.54, 1.807) is 6.20 Å². The number of nitrogens with zero attached hydrogens (tertiary/aromatic N) is 4. The van der Waals surface area contributed by atoms with Crippen molar-refractivity contribution in [2.45, 2.75) is 18.9 Å². The molecule has 1 N–H and O–H groups in total. The smallest absolute Gasteiger partial charge is 0.222 e. The van der Waals surface area contributed by atoms with Gasteiger partial charge in [-0.1, -0.05) is 0 Å². The van der Waals surface area contributed by atoms with Crippen molar-refractivity contribution in [2.75, 3.05) is 32.5 Å². The predicted octanol–water partition coefficient (Wildman–Crippen LogP) is 1.03. The molecule has 0 unspecified atom stereocenters. The molecule has 0 amide bonds. The molecule has 5 nitrogen and oxygen atoms in total. The Morgan fingerprint density at radius 2 is 2.24 bits per heavy atom. The highest BCUT2D eigenvalue weighted by molar-refractivity contribution is 5.77. The Balaban J connectivity index is 1.95. The van der Waals surface area contributed by atoms with Gasteiger partial charge in [-0.2, -0.15) is 0 Å². The molecule has 17 heavy (non-hydrogen) atoms. The minimum atomic E-state index is 0.444. The lowest BCUT2D eigenvalue weighted by molar-refractivity contribution is 0.257. The molecule has 1 saturated heterocycles. The van der Waals surface area contributed by atoms with E-state index < -0.39 is 0 Å². The zero-order chi connectivity index (χ0) is 12.1. The van der Waals surface area contributed by atoms with Crippen molar-refractivity contribution in [3.63, 3.8) is 0 Å². The maximum absolute atomic E-state index is 4.59. The normalized spacial score (nSPS) is 18.7. The Kier molecular flexibility index (Phi) is 4.03. The summed E-state index contributed by atoms with van der Waals surface area (Å²) in [5.74, 6) is 0.636. The number of nitrogens with one attached hydrogen (secondary N) is 1. The maximum Gasteiger partial charge on any atom is 0.222 e. The van der Waals surface area contributed by atoms with Crippen LogP contribution in [0.4, 0.5) is 5.95 Å². The van der Waals surface area contributed by atoms with Gasteiger partial charge in [-0.3, -0.25) is 4.99 Å². The fourth-order valence-electron chi connectivity index (χ4n) is 1.89. The molecule has 1 aromatic rings. The molecule has 0 spiro atoms. The molecule has 0 aliphatic carbocycles. The van der Waals surface area contributed by atoms with Crippen molar-refractivity contribution < 1.29 is 0 Å². The van der Waals surface area contributed by atoms with Crippen LogP contribution in [-0.4, -0.2) is 54.3 Å². The average Bonchev–Trinajstić information content (AvgIpc) is 2.38. The molecule has 1 aliphatic rings. The first-order valence-corrected chi connectivity index (χ1v) is 6.00. The van der Waals surface area contributed by atoms with Gasteiger partial charge in [0.25, 0.3) is 0 Å². The van der Waals surface area contributed by atoms with Crippen molar-refractivity contribution in [2.24, 2.45) is 4.99 Å². The van der Waals surface area contributed by atoms with E-state index in [1.807, 2.05) is 19.3 Å². The highest BCUT2D eigenvalue weighted by Crippen LogP contribution is 2.11. The van der Waals surface area contributed by atoms with Crippen LogP contribution in [0, 0.1) is 0 Å². The van der Waals surface area contributed by atoms with E-state index in [0.717, 1.165) is 31.6 Å². The summed E-state index contributed by atoms with van der Waals surface area (Å²) in [5.41, 5.74) is 0.864. The Labute approximate surface area is 102 Å². The van der Waals surface area contributed by atoms with Gasteiger partial charge in [0.05, 0.1) is 11.7 Å². The first-order valence-electron chi connectivity index (χ1n) is 6.00. The summed E-state index contributed by atoms with van der Waals surface area (Å²) >= 11 is 0. The van der Waals surface area contributed by atoms with E-state index in [2.05, 4.69) is 32.2 Å². The number of anilines is 1. The van der Waals surface area contributed by atoms with Gasteiger partial charge in [-0.15, -0.1) is 0 Å². The molecule has 2 heterocycles. The highest BCUT2D eigenvalue weighted by Gasteiger charge is 2.14. The van der Waals surface area contributed by atoms with E-state index in [0.29, 0.717) is 12.0 Å². The zero-order valence-corrected chi connectivity index (χ0v) is 10.4. The average molecular weight is 233 g/mol. The molecule has 0 saturated carbocycles. The lowest BCUT2D eigenvalue weighted by Crippen LogP contribution is -2.32. The van der Waals surface area contributed by atoms with Crippen molar-refractivity contribution in [3.8, 4) is 0 Å². The third-order valence-electron chi connectivity index (χ3n) is 3.01. The summed E-state index contributed by atoms with van der Waals surface area (Å²) in [6.07, 6.45) is 5.88. The van der Waals surface area contributed by atoms with E-state index >= 15 is 0 Å². The van der Waals surface area contributed by atoms with Crippen LogP contribution in [0.15, 0.2) is 17.3 Å². The summed E-state index contributed by atoms with van der Waals surface area (Å²) < 4.78 is 0. The van der Waals surface area contributed by atoms with E-state index in [4.69, 9.17) is 0 Å². The van der Waals surface area contributed by atoms with Crippen molar-refractivity contribution in [1.82, 2.24) is 14.9 Å². The SMILES string of the molecule is CNc1nccc(C=NC2CCN(C)CC2)n1. The van der Waals surface area contributed by atoms with Crippen LogP contribution in [0.3, 0.4) is 0 Å². The molecule has 92 valence electrons. The van der Waals surface area contributed by atoms with Gasteiger partial charge in [-0.25, -0.2) is 9.97 Å². The van der Waals surface area contributed by atoms with Gasteiger partial charge in [0.1, 0.15) is 0 Å². The Morgan fingerprint density at radius 1 is 1.47 bits per heavy atom. The number of aliphatic imine (C=N–C) groups is 1. The molecule has 1 fully saturated rings. The van der Waals surface area contributed by atoms with Crippen LogP contribution in [0.25, 0.3) is 0 Å². The quantitative estimate of drug-likeness (QED) is 0.792. The third kappa shape index (κ3) is 3.49. The molecular formula is C12H19N5. The van der Waals surface area contributed by atoms with Gasteiger partial charge in [0.15, 0.2) is 0 Å². The van der Waals surface area contributed by atoms with Gasteiger partial charge in [0.2, 0.25) is 5.95 Å². The second-order valence-electron chi connectivity index (χ2n) is 4.37. The Bertz CT molecular complexity index is 382. The molecule has 1 aliphatic heterocycles. The first kappa shape index (κ1) is 12.0. The molecule has 2 rings (SSSR count). The summed E-state index contributed by atoms with van der Waals surface area (Å²) in [7, 11) is 3.97.